The van der Waals surface area contributed by atoms with Gasteiger partial charge in [-0.05, 0) is 0 Å². The SMILES string of the molecule is CC(=O)[O][Sb]([c]1ccc(C)cc1)[c]1ccc(C)cc1. The molecule has 98 valence electrons. The fourth-order valence-electron chi connectivity index (χ4n) is 1.74. The quantitative estimate of drug-likeness (QED) is 0.780. The molecule has 0 radical (unpaired) electrons. The zero-order valence-electron chi connectivity index (χ0n) is 11.4. The van der Waals surface area contributed by atoms with Crippen LogP contribution in [0.3, 0.4) is 0 Å². The number of carbonyl (C=O) groups is 1. The average molecular weight is 363 g/mol. The van der Waals surface area contributed by atoms with E-state index in [2.05, 4.69) is 62.4 Å². The van der Waals surface area contributed by atoms with E-state index in [0.29, 0.717) is 0 Å². The molecule has 0 heterocycles. The van der Waals surface area contributed by atoms with Gasteiger partial charge in [0.05, 0.1) is 0 Å². The van der Waals surface area contributed by atoms with Gasteiger partial charge in [0.25, 0.3) is 0 Å². The van der Waals surface area contributed by atoms with Gasteiger partial charge in [-0.25, -0.2) is 0 Å². The number of rotatable bonds is 3. The Morgan fingerprint density at radius 3 is 1.53 bits per heavy atom. The van der Waals surface area contributed by atoms with Gasteiger partial charge in [0.1, 0.15) is 0 Å². The van der Waals surface area contributed by atoms with Crippen LogP contribution in [0.2, 0.25) is 0 Å². The van der Waals surface area contributed by atoms with E-state index in [1.807, 2.05) is 0 Å². The van der Waals surface area contributed by atoms with Crippen molar-refractivity contribution in [1.29, 1.82) is 0 Å². The maximum atomic E-state index is 11.4. The fourth-order valence-corrected chi connectivity index (χ4v) is 6.33. The van der Waals surface area contributed by atoms with Crippen molar-refractivity contribution < 1.29 is 7.81 Å². The molecule has 2 nitrogen and oxygen atoms in total. The summed E-state index contributed by atoms with van der Waals surface area (Å²) < 4.78 is 7.99. The summed E-state index contributed by atoms with van der Waals surface area (Å²) in [6.07, 6.45) is 0. The molecule has 3 heteroatoms. The van der Waals surface area contributed by atoms with Crippen molar-refractivity contribution in [2.24, 2.45) is 0 Å². The van der Waals surface area contributed by atoms with Gasteiger partial charge in [-0.2, -0.15) is 0 Å². The molecule has 0 saturated carbocycles. The van der Waals surface area contributed by atoms with Crippen molar-refractivity contribution in [3.8, 4) is 0 Å². The summed E-state index contributed by atoms with van der Waals surface area (Å²) in [4.78, 5) is 11.4. The van der Waals surface area contributed by atoms with E-state index in [1.54, 1.807) is 0 Å². The molecule has 0 amide bonds. The van der Waals surface area contributed by atoms with Crippen LogP contribution in [0.1, 0.15) is 18.1 Å². The average Bonchev–Trinajstić information content (AvgIpc) is 2.38. The van der Waals surface area contributed by atoms with E-state index in [9.17, 15) is 4.79 Å². The third-order valence-corrected chi connectivity index (χ3v) is 8.39. The zero-order chi connectivity index (χ0) is 13.8. The Labute approximate surface area is 121 Å². The van der Waals surface area contributed by atoms with Gasteiger partial charge in [0.15, 0.2) is 0 Å². The molecular weight excluding hydrogens is 346 g/mol. The fraction of sp³-hybridized carbons (Fsp3) is 0.188. The van der Waals surface area contributed by atoms with Crippen LogP contribution in [0.15, 0.2) is 48.5 Å². The summed E-state index contributed by atoms with van der Waals surface area (Å²) in [5.41, 5.74) is 2.44. The van der Waals surface area contributed by atoms with E-state index in [-0.39, 0.29) is 5.97 Å². The molecule has 0 fully saturated rings. The Balaban J connectivity index is 2.37. The first-order chi connectivity index (χ1) is 9.06. The monoisotopic (exact) mass is 362 g/mol. The molecule has 0 unspecified atom stereocenters. The molecule has 0 bridgehead atoms. The molecule has 0 aromatic heterocycles. The molecular formula is C16H17O2Sb. The summed E-state index contributed by atoms with van der Waals surface area (Å²) in [5, 5.41) is 0. The minimum absolute atomic E-state index is 0.191. The molecule has 0 aliphatic carbocycles. The summed E-state index contributed by atoms with van der Waals surface area (Å²) in [6, 6.07) is 16.6. The van der Waals surface area contributed by atoms with Crippen molar-refractivity contribution in [3.63, 3.8) is 0 Å². The van der Waals surface area contributed by atoms with E-state index in [1.165, 1.54) is 25.1 Å². The van der Waals surface area contributed by atoms with Crippen LogP contribution >= 0.6 is 0 Å². The van der Waals surface area contributed by atoms with E-state index < -0.39 is 20.6 Å². The van der Waals surface area contributed by atoms with Crippen molar-refractivity contribution >= 4 is 33.6 Å². The van der Waals surface area contributed by atoms with Gasteiger partial charge in [0, 0.05) is 0 Å². The molecule has 2 rings (SSSR count). The van der Waals surface area contributed by atoms with Crippen molar-refractivity contribution in [3.05, 3.63) is 59.7 Å². The van der Waals surface area contributed by atoms with E-state index in [0.717, 1.165) is 0 Å². The van der Waals surface area contributed by atoms with Crippen LogP contribution in [-0.4, -0.2) is 26.6 Å². The van der Waals surface area contributed by atoms with Gasteiger partial charge in [-0.1, -0.05) is 0 Å². The molecule has 0 N–H and O–H groups in total. The zero-order valence-corrected chi connectivity index (χ0v) is 13.9. The number of hydrogen-bond acceptors (Lipinski definition) is 2. The molecule has 2 aromatic rings. The van der Waals surface area contributed by atoms with Crippen LogP contribution in [-0.2, 0) is 7.81 Å². The van der Waals surface area contributed by atoms with Gasteiger partial charge >= 0.3 is 122 Å². The summed E-state index contributed by atoms with van der Waals surface area (Å²) >= 11 is -2.40. The topological polar surface area (TPSA) is 26.3 Å². The Hall–Kier alpha value is -1.27. The molecule has 0 aliphatic heterocycles. The Morgan fingerprint density at radius 1 is 0.842 bits per heavy atom. The minimum atomic E-state index is -2.40. The summed E-state index contributed by atoms with van der Waals surface area (Å²) in [5.74, 6) is -0.191. The van der Waals surface area contributed by atoms with Crippen LogP contribution in [0.4, 0.5) is 0 Å². The molecule has 0 atom stereocenters. The maximum absolute atomic E-state index is 11.4. The summed E-state index contributed by atoms with van der Waals surface area (Å²) in [7, 11) is 0. The number of carbonyl (C=O) groups excluding carboxylic acids is 1. The van der Waals surface area contributed by atoms with Crippen LogP contribution < -0.4 is 7.02 Å². The molecule has 2 aromatic carbocycles. The predicted octanol–water partition coefficient (Wildman–Crippen LogP) is 1.97. The van der Waals surface area contributed by atoms with Gasteiger partial charge in [0.2, 0.25) is 0 Å². The first kappa shape index (κ1) is 14.1. The molecule has 19 heavy (non-hydrogen) atoms. The first-order valence-corrected chi connectivity index (χ1v) is 9.78. The van der Waals surface area contributed by atoms with Crippen LogP contribution in [0.5, 0.6) is 0 Å². The third kappa shape index (κ3) is 3.84. The van der Waals surface area contributed by atoms with E-state index >= 15 is 0 Å². The second-order valence-corrected chi connectivity index (χ2v) is 9.70. The van der Waals surface area contributed by atoms with Crippen LogP contribution in [0.25, 0.3) is 0 Å². The van der Waals surface area contributed by atoms with Gasteiger partial charge < -0.3 is 0 Å². The Kier molecular flexibility index (Phi) is 4.65. The number of hydrogen-bond donors (Lipinski definition) is 0. The second kappa shape index (κ2) is 6.25. The van der Waals surface area contributed by atoms with Crippen LogP contribution in [0, 0.1) is 13.8 Å². The Morgan fingerprint density at radius 2 is 1.21 bits per heavy atom. The Bertz CT molecular complexity index is 513. The van der Waals surface area contributed by atoms with E-state index in [4.69, 9.17) is 3.02 Å². The molecule has 0 saturated heterocycles. The summed E-state index contributed by atoms with van der Waals surface area (Å²) in [6.45, 7) is 5.60. The molecule has 0 spiro atoms. The van der Waals surface area contributed by atoms with Gasteiger partial charge in [-0.15, -0.1) is 0 Å². The normalized spacial score (nSPS) is 10.5. The third-order valence-electron chi connectivity index (χ3n) is 2.76. The van der Waals surface area contributed by atoms with Crippen molar-refractivity contribution in [1.82, 2.24) is 0 Å². The second-order valence-electron chi connectivity index (χ2n) is 4.55. The van der Waals surface area contributed by atoms with Crippen molar-refractivity contribution in [2.45, 2.75) is 20.8 Å². The first-order valence-electron chi connectivity index (χ1n) is 6.18. The van der Waals surface area contributed by atoms with Crippen molar-refractivity contribution in [2.75, 3.05) is 0 Å². The molecule has 0 aliphatic rings. The van der Waals surface area contributed by atoms with Gasteiger partial charge in [-0.3, -0.25) is 0 Å². The number of aryl methyl sites for hydroxylation is 2. The predicted molar refractivity (Wildman–Crippen MR) is 79.1 cm³/mol. The number of benzene rings is 2. The standard InChI is InChI=1S/2C7H7.C2H4O2.Sb/c2*1-7-5-3-2-4-6-7;1-2(3)4;/h2*3-6H,1H3;1H3,(H,3,4);/q;;;+1/p-1.